The molecular formula is C30H32ClN5O4. The zero-order valence-corrected chi connectivity index (χ0v) is 23.2. The van der Waals surface area contributed by atoms with Gasteiger partial charge in [-0.3, -0.25) is 14.7 Å². The fraction of sp³-hybridized carbons (Fsp3) is 0.367. The number of aromatic nitrogens is 3. The molecule has 1 aliphatic heterocycles. The van der Waals surface area contributed by atoms with Crippen LogP contribution in [0, 0.1) is 0 Å². The van der Waals surface area contributed by atoms with E-state index < -0.39 is 0 Å². The Balaban J connectivity index is 1.34. The second-order valence-electron chi connectivity index (χ2n) is 9.98. The Labute approximate surface area is 237 Å². The summed E-state index contributed by atoms with van der Waals surface area (Å²) in [5.74, 6) is 1.16. The van der Waals surface area contributed by atoms with Gasteiger partial charge >= 0.3 is 0 Å². The lowest BCUT2D eigenvalue weighted by molar-refractivity contribution is 0.0357. The molecule has 0 spiro atoms. The minimum absolute atomic E-state index is 0.0999. The highest BCUT2D eigenvalue weighted by molar-refractivity contribution is 6.32. The first-order chi connectivity index (χ1) is 19.6. The maximum Gasteiger partial charge on any atom is 0.213 e. The maximum atomic E-state index is 13.2. The summed E-state index contributed by atoms with van der Waals surface area (Å²) in [6.07, 6.45) is 4.76. The fourth-order valence-corrected chi connectivity index (χ4v) is 5.70. The van der Waals surface area contributed by atoms with Gasteiger partial charge in [0.05, 0.1) is 60.1 Å². The predicted molar refractivity (Wildman–Crippen MR) is 155 cm³/mol. The van der Waals surface area contributed by atoms with E-state index in [9.17, 15) is 4.79 Å². The summed E-state index contributed by atoms with van der Waals surface area (Å²) in [7, 11) is 1.58. The first-order valence-electron chi connectivity index (χ1n) is 13.7. The van der Waals surface area contributed by atoms with Crippen LogP contribution in [-0.4, -0.2) is 72.2 Å². The van der Waals surface area contributed by atoms with E-state index in [0.29, 0.717) is 52.1 Å². The monoisotopic (exact) mass is 561 g/mol. The van der Waals surface area contributed by atoms with Gasteiger partial charge in [0.15, 0.2) is 11.5 Å². The Morgan fingerprint density at radius 2 is 2.02 bits per heavy atom. The topological polar surface area (TPSA) is 102 Å². The van der Waals surface area contributed by atoms with Gasteiger partial charge in [0, 0.05) is 49.6 Å². The van der Waals surface area contributed by atoms with Crippen LogP contribution in [-0.2, 0) is 11.2 Å². The van der Waals surface area contributed by atoms with Gasteiger partial charge in [0.2, 0.25) is 5.88 Å². The Kier molecular flexibility index (Phi) is 7.86. The van der Waals surface area contributed by atoms with Gasteiger partial charge in [-0.1, -0.05) is 17.7 Å². The summed E-state index contributed by atoms with van der Waals surface area (Å²) in [6, 6.07) is 11.2. The third-order valence-electron chi connectivity index (χ3n) is 7.42. The van der Waals surface area contributed by atoms with E-state index in [4.69, 9.17) is 30.8 Å². The molecule has 3 aromatic heterocycles. The number of hydrogen-bond acceptors (Lipinski definition) is 8. The summed E-state index contributed by atoms with van der Waals surface area (Å²) >= 11 is 6.41. The van der Waals surface area contributed by atoms with Crippen LogP contribution in [0.2, 0.25) is 5.02 Å². The molecule has 0 amide bonds. The van der Waals surface area contributed by atoms with Gasteiger partial charge in [-0.2, -0.15) is 0 Å². The van der Waals surface area contributed by atoms with E-state index in [-0.39, 0.29) is 5.78 Å². The number of fused-ring (bicyclic) bond motifs is 2. The molecule has 0 unspecified atom stereocenters. The lowest BCUT2D eigenvalue weighted by atomic mass is 9.94. The number of pyridine rings is 2. The number of halogens is 1. The van der Waals surface area contributed by atoms with E-state index in [1.807, 2.05) is 30.3 Å². The molecular weight excluding hydrogens is 530 g/mol. The fourth-order valence-electron chi connectivity index (χ4n) is 5.45. The number of hydrogen-bond donors (Lipinski definition) is 2. The number of nitrogens with one attached hydrogen (secondary N) is 2. The van der Waals surface area contributed by atoms with Crippen molar-refractivity contribution in [3.8, 4) is 22.9 Å². The molecule has 0 atom stereocenters. The van der Waals surface area contributed by atoms with Gasteiger partial charge in [0.1, 0.15) is 5.52 Å². The summed E-state index contributed by atoms with van der Waals surface area (Å²) in [6.45, 7) is 5.04. The Morgan fingerprint density at radius 1 is 1.15 bits per heavy atom. The smallest absolute Gasteiger partial charge is 0.213 e. The van der Waals surface area contributed by atoms with Crippen LogP contribution in [0.5, 0.6) is 11.6 Å². The zero-order chi connectivity index (χ0) is 27.5. The van der Waals surface area contributed by atoms with Gasteiger partial charge < -0.3 is 24.5 Å². The molecule has 4 heterocycles. The number of rotatable bonds is 9. The van der Waals surface area contributed by atoms with Crippen LogP contribution in [0.15, 0.2) is 42.6 Å². The number of ketones is 1. The molecule has 9 nitrogen and oxygen atoms in total. The molecule has 40 heavy (non-hydrogen) atoms. The third kappa shape index (κ3) is 5.37. The second-order valence-corrected chi connectivity index (χ2v) is 10.4. The number of carbonyl (C=O) groups is 1. The first-order valence-corrected chi connectivity index (χ1v) is 14.1. The van der Waals surface area contributed by atoms with Crippen LogP contribution in [0.1, 0.15) is 35.3 Å². The normalized spacial score (nSPS) is 15.7. The highest BCUT2D eigenvalue weighted by Gasteiger charge is 2.28. The molecule has 4 aromatic rings. The van der Waals surface area contributed by atoms with Crippen molar-refractivity contribution in [3.63, 3.8) is 0 Å². The van der Waals surface area contributed by atoms with Crippen LogP contribution in [0.25, 0.3) is 22.3 Å². The number of ether oxygens (including phenoxy) is 3. The lowest BCUT2D eigenvalue weighted by Gasteiger charge is -2.26. The number of aryl methyl sites for hydroxylation is 1. The van der Waals surface area contributed by atoms with E-state index in [1.54, 1.807) is 19.4 Å². The highest BCUT2D eigenvalue weighted by Crippen LogP contribution is 2.43. The lowest BCUT2D eigenvalue weighted by Crippen LogP contribution is -2.37. The zero-order valence-electron chi connectivity index (χ0n) is 22.5. The van der Waals surface area contributed by atoms with Crippen molar-refractivity contribution in [3.05, 3.63) is 58.9 Å². The SMILES string of the molecule is COc1c(Cl)cccc1Nc1c(-c2ccnc3ccc(OCCCN4CCOCC4)nc23)[nH]c2c1C(=O)CCC2. The van der Waals surface area contributed by atoms with Crippen molar-refractivity contribution < 1.29 is 19.0 Å². The molecule has 1 saturated heterocycles. The van der Waals surface area contributed by atoms with Crippen molar-refractivity contribution in [2.45, 2.75) is 25.7 Å². The number of H-pyrrole nitrogens is 1. The molecule has 10 heteroatoms. The van der Waals surface area contributed by atoms with Crippen LogP contribution >= 0.6 is 11.6 Å². The Hall–Kier alpha value is -3.66. The second kappa shape index (κ2) is 11.8. The predicted octanol–water partition coefficient (Wildman–Crippen LogP) is 5.65. The van der Waals surface area contributed by atoms with Gasteiger partial charge in [-0.25, -0.2) is 4.98 Å². The van der Waals surface area contributed by atoms with E-state index >= 15 is 0 Å². The van der Waals surface area contributed by atoms with Crippen molar-refractivity contribution >= 4 is 39.8 Å². The molecule has 0 saturated carbocycles. The molecule has 1 aromatic carbocycles. The molecule has 2 N–H and O–H groups in total. The molecule has 1 fully saturated rings. The first kappa shape index (κ1) is 26.6. The van der Waals surface area contributed by atoms with Crippen molar-refractivity contribution in [2.75, 3.05) is 51.9 Å². The van der Waals surface area contributed by atoms with Crippen LogP contribution < -0.4 is 14.8 Å². The average Bonchev–Trinajstić information content (AvgIpc) is 3.35. The summed E-state index contributed by atoms with van der Waals surface area (Å²) < 4.78 is 17.1. The number of benzene rings is 1. The number of Topliss-reactive ketones (excluding diaryl/α,β-unsaturated/α-hetero) is 1. The summed E-state index contributed by atoms with van der Waals surface area (Å²) in [5, 5.41) is 3.95. The number of aromatic amines is 1. The van der Waals surface area contributed by atoms with Crippen molar-refractivity contribution in [1.82, 2.24) is 19.9 Å². The van der Waals surface area contributed by atoms with E-state index in [2.05, 4.69) is 20.2 Å². The number of methoxy groups -OCH3 is 1. The molecule has 6 rings (SSSR count). The van der Waals surface area contributed by atoms with Crippen LogP contribution in [0.3, 0.4) is 0 Å². The average molecular weight is 562 g/mol. The molecule has 1 aliphatic carbocycles. The number of nitrogens with zero attached hydrogens (tertiary/aromatic N) is 3. The molecule has 0 radical (unpaired) electrons. The van der Waals surface area contributed by atoms with Crippen molar-refractivity contribution in [1.29, 1.82) is 0 Å². The third-order valence-corrected chi connectivity index (χ3v) is 7.72. The Morgan fingerprint density at radius 3 is 2.88 bits per heavy atom. The largest absolute Gasteiger partial charge is 0.493 e. The molecule has 208 valence electrons. The maximum absolute atomic E-state index is 13.2. The summed E-state index contributed by atoms with van der Waals surface area (Å²) in [4.78, 5) is 28.5. The minimum Gasteiger partial charge on any atom is -0.493 e. The number of anilines is 2. The van der Waals surface area contributed by atoms with Gasteiger partial charge in [-0.15, -0.1) is 0 Å². The van der Waals surface area contributed by atoms with Crippen LogP contribution in [0.4, 0.5) is 11.4 Å². The van der Waals surface area contributed by atoms with Crippen molar-refractivity contribution in [2.24, 2.45) is 0 Å². The quantitative estimate of drug-likeness (QED) is 0.253. The Bertz CT molecular complexity index is 1530. The minimum atomic E-state index is 0.0999. The number of carbonyl (C=O) groups excluding carboxylic acids is 1. The standard InChI is InChI=1S/C30H32ClN5O4/c1-38-30-20(31)5-2-7-23(30)34-29-26-21(6-3-8-24(26)37)33-28(29)19-11-12-32-22-9-10-25(35-27(19)22)40-16-4-13-36-14-17-39-18-15-36/h2,5,7,9-12,33-34H,3-4,6,8,13-18H2,1H3. The van der Waals surface area contributed by atoms with E-state index in [0.717, 1.165) is 74.6 Å². The molecule has 2 aliphatic rings. The van der Waals surface area contributed by atoms with E-state index in [1.165, 1.54) is 0 Å². The van der Waals surface area contributed by atoms with Gasteiger partial charge in [-0.05, 0) is 43.5 Å². The highest BCUT2D eigenvalue weighted by atomic mass is 35.5. The summed E-state index contributed by atoms with van der Waals surface area (Å²) in [5.41, 5.74) is 5.97. The number of morpholine rings is 1. The number of para-hydroxylation sites is 1. The van der Waals surface area contributed by atoms with Gasteiger partial charge in [0.25, 0.3) is 0 Å². The molecule has 0 bridgehead atoms.